The van der Waals surface area contributed by atoms with E-state index in [4.69, 9.17) is 0 Å². The molecule has 0 bridgehead atoms. The van der Waals surface area contributed by atoms with Crippen LogP contribution in [0.1, 0.15) is 29.1 Å². The highest BCUT2D eigenvalue weighted by Crippen LogP contribution is 2.14. The van der Waals surface area contributed by atoms with Crippen LogP contribution in [0.15, 0.2) is 47.7 Å². The van der Waals surface area contributed by atoms with Gasteiger partial charge in [-0.3, -0.25) is 9.78 Å². The molecule has 116 valence electrons. The van der Waals surface area contributed by atoms with Gasteiger partial charge in [-0.2, -0.15) is 9.78 Å². The highest BCUT2D eigenvalue weighted by Gasteiger charge is 2.18. The van der Waals surface area contributed by atoms with Crippen molar-refractivity contribution in [3.05, 3.63) is 59.1 Å². The van der Waals surface area contributed by atoms with Crippen LogP contribution < -0.4 is 5.32 Å². The molecule has 3 rings (SSSR count). The monoisotopic (exact) mass is 373 g/mol. The Morgan fingerprint density at radius 3 is 2.78 bits per heavy atom. The lowest BCUT2D eigenvalue weighted by atomic mass is 10.2. The van der Waals surface area contributed by atoms with E-state index in [1.54, 1.807) is 30.7 Å². The van der Waals surface area contributed by atoms with Crippen LogP contribution in [0, 0.1) is 0 Å². The maximum absolute atomic E-state index is 12.3. The van der Waals surface area contributed by atoms with Crippen LogP contribution >= 0.6 is 15.9 Å². The highest BCUT2D eigenvalue weighted by atomic mass is 79.9. The summed E-state index contributed by atoms with van der Waals surface area (Å²) in [7, 11) is 0. The van der Waals surface area contributed by atoms with Crippen molar-refractivity contribution in [3.8, 4) is 5.95 Å². The number of nitrogens with zero attached hydrogens (tertiary/aromatic N) is 6. The highest BCUT2D eigenvalue weighted by molar-refractivity contribution is 9.10. The smallest absolute Gasteiger partial charge is 0.253 e. The van der Waals surface area contributed by atoms with Gasteiger partial charge in [-0.25, -0.2) is 15.0 Å². The molecule has 0 aliphatic rings. The first-order valence-corrected chi connectivity index (χ1v) is 7.53. The standard InChI is InChI=1S/C14H12BrN7O/c1-9(21-13(23)10-5-11(15)7-16-6-10)12-19-8-20-22(12)14-17-3-2-4-18-14/h2-9H,1H3,(H,21,23)/t9-/m0/s1. The lowest BCUT2D eigenvalue weighted by molar-refractivity contribution is 0.0937. The molecule has 0 spiro atoms. The first kappa shape index (κ1) is 15.2. The summed E-state index contributed by atoms with van der Waals surface area (Å²) >= 11 is 3.29. The van der Waals surface area contributed by atoms with Crippen molar-refractivity contribution in [3.63, 3.8) is 0 Å². The lowest BCUT2D eigenvalue weighted by Crippen LogP contribution is -2.29. The number of rotatable bonds is 4. The second-order valence-corrected chi connectivity index (χ2v) is 5.58. The summed E-state index contributed by atoms with van der Waals surface area (Å²) in [4.78, 5) is 28.7. The Balaban J connectivity index is 1.81. The Morgan fingerprint density at radius 1 is 1.26 bits per heavy atom. The van der Waals surface area contributed by atoms with Crippen LogP contribution in [-0.4, -0.2) is 35.6 Å². The van der Waals surface area contributed by atoms with Gasteiger partial charge in [0.1, 0.15) is 6.33 Å². The van der Waals surface area contributed by atoms with E-state index < -0.39 is 0 Å². The molecule has 0 aliphatic carbocycles. The second-order valence-electron chi connectivity index (χ2n) is 4.67. The summed E-state index contributed by atoms with van der Waals surface area (Å²) in [5.41, 5.74) is 0.452. The Labute approximate surface area is 140 Å². The van der Waals surface area contributed by atoms with Gasteiger partial charge in [-0.1, -0.05) is 0 Å². The molecule has 0 saturated heterocycles. The molecule has 3 heterocycles. The molecule has 1 N–H and O–H groups in total. The summed E-state index contributed by atoms with van der Waals surface area (Å²) in [6.45, 7) is 1.81. The predicted molar refractivity (Wildman–Crippen MR) is 84.8 cm³/mol. The van der Waals surface area contributed by atoms with Crippen molar-refractivity contribution in [2.24, 2.45) is 0 Å². The molecule has 0 radical (unpaired) electrons. The van der Waals surface area contributed by atoms with E-state index in [9.17, 15) is 4.79 Å². The molecular weight excluding hydrogens is 362 g/mol. The fourth-order valence-corrected chi connectivity index (χ4v) is 2.35. The minimum atomic E-state index is -0.382. The van der Waals surface area contributed by atoms with E-state index in [-0.39, 0.29) is 11.9 Å². The van der Waals surface area contributed by atoms with Gasteiger partial charge in [0, 0.05) is 29.3 Å². The molecule has 3 aromatic heterocycles. The molecule has 23 heavy (non-hydrogen) atoms. The van der Waals surface area contributed by atoms with Crippen LogP contribution in [0.5, 0.6) is 0 Å². The zero-order valence-corrected chi connectivity index (χ0v) is 13.7. The van der Waals surface area contributed by atoms with Crippen molar-refractivity contribution in [2.75, 3.05) is 0 Å². The summed E-state index contributed by atoms with van der Waals surface area (Å²) in [5.74, 6) is 0.674. The van der Waals surface area contributed by atoms with Gasteiger partial charge < -0.3 is 5.32 Å². The number of aromatic nitrogens is 6. The predicted octanol–water partition coefficient (Wildman–Crippen LogP) is 1.71. The van der Waals surface area contributed by atoms with E-state index in [0.29, 0.717) is 17.3 Å². The number of hydrogen-bond acceptors (Lipinski definition) is 6. The Morgan fingerprint density at radius 2 is 2.04 bits per heavy atom. The third kappa shape index (κ3) is 3.39. The molecule has 0 unspecified atom stereocenters. The molecule has 0 saturated carbocycles. The van der Waals surface area contributed by atoms with Gasteiger partial charge in [-0.05, 0) is 35.0 Å². The van der Waals surface area contributed by atoms with Gasteiger partial charge in [0.15, 0.2) is 5.82 Å². The van der Waals surface area contributed by atoms with Crippen molar-refractivity contribution >= 4 is 21.8 Å². The normalized spacial score (nSPS) is 11.9. The van der Waals surface area contributed by atoms with Crippen molar-refractivity contribution < 1.29 is 4.79 Å². The number of hydrogen-bond donors (Lipinski definition) is 1. The maximum atomic E-state index is 12.3. The number of nitrogens with one attached hydrogen (secondary N) is 1. The molecule has 8 nitrogen and oxygen atoms in total. The summed E-state index contributed by atoms with van der Waals surface area (Å²) in [6.07, 6.45) is 7.74. The quantitative estimate of drug-likeness (QED) is 0.747. The van der Waals surface area contributed by atoms with E-state index >= 15 is 0 Å². The lowest BCUT2D eigenvalue weighted by Gasteiger charge is -2.13. The van der Waals surface area contributed by atoms with E-state index in [0.717, 1.165) is 4.47 Å². The molecule has 1 atom stereocenters. The number of pyridine rings is 1. The molecule has 0 aliphatic heterocycles. The third-order valence-electron chi connectivity index (χ3n) is 3.02. The average Bonchev–Trinajstić information content (AvgIpc) is 3.05. The topological polar surface area (TPSA) is 98.5 Å². The SMILES string of the molecule is C[C@H](NC(=O)c1cncc(Br)c1)c1ncnn1-c1ncccn1. The zero-order chi connectivity index (χ0) is 16.2. The molecule has 3 aromatic rings. The molecule has 0 fully saturated rings. The maximum Gasteiger partial charge on any atom is 0.253 e. The average molecular weight is 374 g/mol. The minimum Gasteiger partial charge on any atom is -0.342 e. The number of carbonyl (C=O) groups is 1. The Hall–Kier alpha value is -2.68. The molecule has 1 amide bonds. The van der Waals surface area contributed by atoms with Crippen molar-refractivity contribution in [2.45, 2.75) is 13.0 Å². The number of halogens is 1. The van der Waals surface area contributed by atoms with Gasteiger partial charge in [0.05, 0.1) is 11.6 Å². The number of amides is 1. The van der Waals surface area contributed by atoms with Crippen LogP contribution in [0.4, 0.5) is 0 Å². The largest absolute Gasteiger partial charge is 0.342 e. The van der Waals surface area contributed by atoms with Crippen LogP contribution in [0.3, 0.4) is 0 Å². The summed E-state index contributed by atoms with van der Waals surface area (Å²) in [5, 5.41) is 6.97. The summed E-state index contributed by atoms with van der Waals surface area (Å²) < 4.78 is 2.23. The van der Waals surface area contributed by atoms with Crippen LogP contribution in [0.2, 0.25) is 0 Å². The second kappa shape index (κ2) is 6.61. The molecular formula is C14H12BrN7O. The van der Waals surface area contributed by atoms with Crippen LogP contribution in [0.25, 0.3) is 5.95 Å². The van der Waals surface area contributed by atoms with Gasteiger partial charge >= 0.3 is 0 Å². The van der Waals surface area contributed by atoms with Crippen molar-refractivity contribution in [1.29, 1.82) is 0 Å². The Kier molecular flexibility index (Phi) is 4.38. The van der Waals surface area contributed by atoms with Crippen molar-refractivity contribution in [1.82, 2.24) is 35.0 Å². The van der Waals surface area contributed by atoms with E-state index in [1.165, 1.54) is 17.2 Å². The number of carbonyl (C=O) groups excluding carboxylic acids is 1. The van der Waals surface area contributed by atoms with E-state index in [2.05, 4.69) is 46.3 Å². The minimum absolute atomic E-state index is 0.255. The molecule has 0 aromatic carbocycles. The molecule has 9 heteroatoms. The van der Waals surface area contributed by atoms with E-state index in [1.807, 2.05) is 6.92 Å². The fourth-order valence-electron chi connectivity index (χ4n) is 1.98. The third-order valence-corrected chi connectivity index (χ3v) is 3.45. The zero-order valence-electron chi connectivity index (χ0n) is 12.1. The van der Waals surface area contributed by atoms with Gasteiger partial charge in [0.2, 0.25) is 0 Å². The summed E-state index contributed by atoms with van der Waals surface area (Å²) in [6, 6.07) is 3.03. The van der Waals surface area contributed by atoms with Gasteiger partial charge in [0.25, 0.3) is 11.9 Å². The van der Waals surface area contributed by atoms with Crippen LogP contribution in [-0.2, 0) is 0 Å². The fraction of sp³-hybridized carbons (Fsp3) is 0.143. The first-order valence-electron chi connectivity index (χ1n) is 6.74. The Bertz CT molecular complexity index is 821. The first-order chi connectivity index (χ1) is 11.1. The van der Waals surface area contributed by atoms with Gasteiger partial charge in [-0.15, -0.1) is 0 Å².